The summed E-state index contributed by atoms with van der Waals surface area (Å²) >= 11 is 1.39. The minimum absolute atomic E-state index is 0.0280. The number of ketones is 1. The molecule has 1 aromatic heterocycles. The molecule has 3 rings (SSSR count). The number of hydrogen-bond donors (Lipinski definition) is 0. The van der Waals surface area contributed by atoms with Gasteiger partial charge >= 0.3 is 0 Å². The van der Waals surface area contributed by atoms with E-state index >= 15 is 0 Å². The van der Waals surface area contributed by atoms with E-state index in [1.54, 1.807) is 32.4 Å². The minimum atomic E-state index is -0.0280. The zero-order valence-electron chi connectivity index (χ0n) is 16.2. The molecule has 6 nitrogen and oxygen atoms in total. The summed E-state index contributed by atoms with van der Waals surface area (Å²) in [6.45, 7) is 2.80. The van der Waals surface area contributed by atoms with E-state index in [4.69, 9.17) is 9.47 Å². The second-order valence-corrected chi connectivity index (χ2v) is 7.03. The Kier molecular flexibility index (Phi) is 6.71. The number of hydrogen-bond acceptors (Lipinski definition) is 6. The van der Waals surface area contributed by atoms with Crippen LogP contribution in [-0.4, -0.2) is 40.5 Å². The molecule has 0 aliphatic heterocycles. The van der Waals surface area contributed by atoms with Crippen molar-refractivity contribution in [1.82, 2.24) is 14.8 Å². The summed E-state index contributed by atoms with van der Waals surface area (Å²) in [7, 11) is 3.12. The van der Waals surface area contributed by atoms with Gasteiger partial charge in [0, 0.05) is 19.0 Å². The van der Waals surface area contributed by atoms with Crippen molar-refractivity contribution in [3.8, 4) is 11.5 Å². The first-order chi connectivity index (χ1) is 13.7. The molecule has 0 aliphatic rings. The normalized spacial score (nSPS) is 10.7. The van der Waals surface area contributed by atoms with Gasteiger partial charge in [0.25, 0.3) is 0 Å². The van der Waals surface area contributed by atoms with Crippen molar-refractivity contribution in [2.24, 2.45) is 0 Å². The molecular weight excluding hydrogens is 374 g/mol. The maximum absolute atomic E-state index is 12.7. The second kappa shape index (κ2) is 9.41. The van der Waals surface area contributed by atoms with Crippen LogP contribution in [0.4, 0.5) is 0 Å². The molecule has 0 radical (unpaired) electrons. The van der Waals surface area contributed by atoms with Crippen molar-refractivity contribution >= 4 is 17.5 Å². The summed E-state index contributed by atoms with van der Waals surface area (Å²) in [5.41, 5.74) is 1.71. The molecule has 2 aromatic carbocycles. The van der Waals surface area contributed by atoms with Crippen molar-refractivity contribution in [3.05, 3.63) is 65.5 Å². The Bertz CT molecular complexity index is 941. The number of nitrogens with zero attached hydrogens (tertiary/aromatic N) is 3. The third-order valence-electron chi connectivity index (χ3n) is 4.36. The van der Waals surface area contributed by atoms with Crippen LogP contribution in [0.1, 0.15) is 28.7 Å². The quantitative estimate of drug-likeness (QED) is 0.403. The number of benzene rings is 2. The Morgan fingerprint density at radius 1 is 1.07 bits per heavy atom. The zero-order valence-corrected chi connectivity index (χ0v) is 17.0. The van der Waals surface area contributed by atoms with Crippen molar-refractivity contribution in [2.75, 3.05) is 20.0 Å². The van der Waals surface area contributed by atoms with Crippen LogP contribution in [-0.2, 0) is 13.0 Å². The van der Waals surface area contributed by atoms with E-state index in [0.717, 1.165) is 17.5 Å². The van der Waals surface area contributed by atoms with E-state index in [1.165, 1.54) is 17.3 Å². The van der Waals surface area contributed by atoms with E-state index in [-0.39, 0.29) is 11.5 Å². The van der Waals surface area contributed by atoms with Crippen LogP contribution in [0, 0.1) is 0 Å². The summed E-state index contributed by atoms with van der Waals surface area (Å²) in [6.07, 6.45) is 0.711. The molecular formula is C21H23N3O3S. The number of methoxy groups -OCH3 is 2. The third kappa shape index (κ3) is 4.54. The molecule has 28 heavy (non-hydrogen) atoms. The SMILES string of the molecule is CCn1c(Cc2ccccc2)nnc1SCC(=O)c1ccc(OC)cc1OC. The molecule has 0 atom stereocenters. The second-order valence-electron chi connectivity index (χ2n) is 6.08. The Balaban J connectivity index is 1.72. The van der Waals surface area contributed by atoms with Crippen molar-refractivity contribution in [3.63, 3.8) is 0 Å². The Hall–Kier alpha value is -2.80. The van der Waals surface area contributed by atoms with E-state index in [0.29, 0.717) is 23.5 Å². The number of carbonyl (C=O) groups is 1. The van der Waals surface area contributed by atoms with Crippen LogP contribution in [0.5, 0.6) is 11.5 Å². The van der Waals surface area contributed by atoms with E-state index < -0.39 is 0 Å². The molecule has 0 bridgehead atoms. The lowest BCUT2D eigenvalue weighted by atomic mass is 10.1. The molecule has 0 fully saturated rings. The van der Waals surface area contributed by atoms with Crippen LogP contribution < -0.4 is 9.47 Å². The van der Waals surface area contributed by atoms with Crippen LogP contribution in [0.3, 0.4) is 0 Å². The zero-order chi connectivity index (χ0) is 19.9. The van der Waals surface area contributed by atoms with Gasteiger partial charge in [0.15, 0.2) is 10.9 Å². The molecule has 0 saturated carbocycles. The fourth-order valence-corrected chi connectivity index (χ4v) is 3.79. The van der Waals surface area contributed by atoms with Gasteiger partial charge in [-0.3, -0.25) is 4.79 Å². The maximum Gasteiger partial charge on any atom is 0.191 e. The number of aromatic nitrogens is 3. The predicted molar refractivity (Wildman–Crippen MR) is 110 cm³/mol. The van der Waals surface area contributed by atoms with Crippen molar-refractivity contribution in [2.45, 2.75) is 25.0 Å². The summed E-state index contributed by atoms with van der Waals surface area (Å²) in [5, 5.41) is 9.36. The molecule has 1 heterocycles. The lowest BCUT2D eigenvalue weighted by molar-refractivity contribution is 0.101. The molecule has 0 saturated heterocycles. The van der Waals surface area contributed by atoms with Gasteiger partial charge < -0.3 is 14.0 Å². The molecule has 0 spiro atoms. The van der Waals surface area contributed by atoms with Gasteiger partial charge in [-0.2, -0.15) is 0 Å². The van der Waals surface area contributed by atoms with Gasteiger partial charge in [-0.25, -0.2) is 0 Å². The van der Waals surface area contributed by atoms with Gasteiger partial charge in [-0.05, 0) is 24.6 Å². The first kappa shape index (κ1) is 19.9. The van der Waals surface area contributed by atoms with Gasteiger partial charge in [0.1, 0.15) is 17.3 Å². The lowest BCUT2D eigenvalue weighted by Crippen LogP contribution is -2.08. The molecule has 0 amide bonds. The average Bonchev–Trinajstić information content (AvgIpc) is 3.13. The summed E-state index contributed by atoms with van der Waals surface area (Å²) in [6, 6.07) is 15.4. The van der Waals surface area contributed by atoms with Gasteiger partial charge in [-0.1, -0.05) is 42.1 Å². The highest BCUT2D eigenvalue weighted by Gasteiger charge is 2.17. The van der Waals surface area contributed by atoms with Crippen molar-refractivity contribution < 1.29 is 14.3 Å². The number of rotatable bonds is 9. The van der Waals surface area contributed by atoms with Gasteiger partial charge in [0.2, 0.25) is 0 Å². The summed E-state index contributed by atoms with van der Waals surface area (Å²) in [4.78, 5) is 12.7. The van der Waals surface area contributed by atoms with Crippen molar-refractivity contribution in [1.29, 1.82) is 0 Å². The standard InChI is InChI=1S/C21H23N3O3S/c1-4-24-20(12-15-8-6-5-7-9-15)22-23-21(24)28-14-18(25)17-11-10-16(26-2)13-19(17)27-3/h5-11,13H,4,12,14H2,1-3H3. The van der Waals surface area contributed by atoms with Gasteiger partial charge in [0.05, 0.1) is 25.5 Å². The predicted octanol–water partition coefficient (Wildman–Crippen LogP) is 3.88. The maximum atomic E-state index is 12.7. The summed E-state index contributed by atoms with van der Waals surface area (Å²) in [5.74, 6) is 2.28. The van der Waals surface area contributed by atoms with Gasteiger partial charge in [-0.15, -0.1) is 10.2 Å². The Morgan fingerprint density at radius 3 is 2.54 bits per heavy atom. The lowest BCUT2D eigenvalue weighted by Gasteiger charge is -2.10. The van der Waals surface area contributed by atoms with Crippen LogP contribution in [0.2, 0.25) is 0 Å². The first-order valence-electron chi connectivity index (χ1n) is 9.00. The first-order valence-corrected chi connectivity index (χ1v) is 9.98. The topological polar surface area (TPSA) is 66.2 Å². The smallest absolute Gasteiger partial charge is 0.191 e. The molecule has 0 N–H and O–H groups in total. The van der Waals surface area contributed by atoms with Crippen LogP contribution >= 0.6 is 11.8 Å². The van der Waals surface area contributed by atoms with E-state index in [9.17, 15) is 4.79 Å². The molecule has 3 aromatic rings. The Labute approximate surface area is 168 Å². The largest absolute Gasteiger partial charge is 0.497 e. The number of Topliss-reactive ketones (excluding diaryl/α,β-unsaturated/α-hetero) is 1. The number of carbonyl (C=O) groups excluding carboxylic acids is 1. The number of ether oxygens (including phenoxy) is 2. The molecule has 146 valence electrons. The molecule has 0 unspecified atom stereocenters. The highest BCUT2D eigenvalue weighted by molar-refractivity contribution is 7.99. The molecule has 0 aliphatic carbocycles. The highest BCUT2D eigenvalue weighted by Crippen LogP contribution is 2.27. The fraction of sp³-hybridized carbons (Fsp3) is 0.286. The highest BCUT2D eigenvalue weighted by atomic mass is 32.2. The fourth-order valence-electron chi connectivity index (χ4n) is 2.89. The van der Waals surface area contributed by atoms with E-state index in [2.05, 4.69) is 33.8 Å². The van der Waals surface area contributed by atoms with E-state index in [1.807, 2.05) is 18.2 Å². The summed E-state index contributed by atoms with van der Waals surface area (Å²) < 4.78 is 12.6. The third-order valence-corrected chi connectivity index (χ3v) is 5.32. The Morgan fingerprint density at radius 2 is 1.86 bits per heavy atom. The average molecular weight is 398 g/mol. The number of thioether (sulfide) groups is 1. The monoisotopic (exact) mass is 397 g/mol. The van der Waals surface area contributed by atoms with Crippen LogP contribution in [0.15, 0.2) is 53.7 Å². The molecule has 7 heteroatoms. The van der Waals surface area contributed by atoms with Crippen LogP contribution in [0.25, 0.3) is 0 Å². The minimum Gasteiger partial charge on any atom is -0.497 e.